The molecule has 0 aromatic heterocycles. The number of carbonyl (C=O) groups is 2. The summed E-state index contributed by atoms with van der Waals surface area (Å²) in [6.45, 7) is 8.11. The topological polar surface area (TPSA) is 77.1 Å². The quantitative estimate of drug-likeness (QED) is 0.405. The fourth-order valence-electron chi connectivity index (χ4n) is 4.87. The van der Waals surface area contributed by atoms with Gasteiger partial charge in [-0.3, -0.25) is 9.59 Å². The highest BCUT2D eigenvalue weighted by Crippen LogP contribution is 2.43. The molecule has 1 amide bonds. The lowest BCUT2D eigenvalue weighted by Gasteiger charge is -2.54. The number of amides is 1. The zero-order chi connectivity index (χ0) is 25.0. The molecular weight excluding hydrogens is 432 g/mol. The van der Waals surface area contributed by atoms with Crippen LogP contribution in [-0.2, 0) is 14.3 Å². The first-order valence-corrected chi connectivity index (χ1v) is 11.7. The lowest BCUT2D eigenvalue weighted by Crippen LogP contribution is -2.71. The molecule has 7 nitrogen and oxygen atoms in total. The average Bonchev–Trinajstić information content (AvgIpc) is 2.82. The third-order valence-corrected chi connectivity index (χ3v) is 6.63. The molecule has 2 aromatic carbocycles. The maximum Gasteiger partial charge on any atom is 0.311 e. The van der Waals surface area contributed by atoms with Crippen LogP contribution in [0.15, 0.2) is 48.5 Å². The number of ether oxygens (including phenoxy) is 3. The van der Waals surface area contributed by atoms with Crippen LogP contribution < -0.4 is 19.7 Å². The van der Waals surface area contributed by atoms with Gasteiger partial charge < -0.3 is 24.4 Å². The van der Waals surface area contributed by atoms with Crippen LogP contribution in [0.3, 0.4) is 0 Å². The molecule has 1 aliphatic rings. The minimum absolute atomic E-state index is 0.00979. The minimum Gasteiger partial charge on any atom is -0.497 e. The summed E-state index contributed by atoms with van der Waals surface area (Å²) in [6, 6.07) is 14.4. The number of nitrogens with zero attached hydrogens (tertiary/aromatic N) is 1. The highest BCUT2D eigenvalue weighted by atomic mass is 16.5. The maximum absolute atomic E-state index is 13.4. The first-order chi connectivity index (χ1) is 16.2. The second-order valence-corrected chi connectivity index (χ2v) is 9.36. The van der Waals surface area contributed by atoms with Crippen molar-refractivity contribution >= 4 is 23.3 Å². The molecule has 0 saturated carbocycles. The van der Waals surface area contributed by atoms with Gasteiger partial charge in [0, 0.05) is 11.4 Å². The van der Waals surface area contributed by atoms with Crippen molar-refractivity contribution < 1.29 is 23.8 Å². The average molecular weight is 469 g/mol. The Bertz CT molecular complexity index is 972. The number of rotatable bonds is 10. The molecule has 0 aliphatic carbocycles. The smallest absolute Gasteiger partial charge is 0.311 e. The monoisotopic (exact) mass is 468 g/mol. The van der Waals surface area contributed by atoms with E-state index in [1.165, 1.54) is 7.11 Å². The van der Waals surface area contributed by atoms with Crippen molar-refractivity contribution in [2.45, 2.75) is 39.8 Å². The number of hydrogen-bond acceptors (Lipinski definition) is 6. The van der Waals surface area contributed by atoms with E-state index in [-0.39, 0.29) is 41.7 Å². The van der Waals surface area contributed by atoms with Crippen molar-refractivity contribution in [1.82, 2.24) is 0 Å². The van der Waals surface area contributed by atoms with Crippen molar-refractivity contribution in [3.8, 4) is 11.5 Å². The van der Waals surface area contributed by atoms with Gasteiger partial charge in [0.05, 0.1) is 45.2 Å². The van der Waals surface area contributed by atoms with Gasteiger partial charge in [-0.25, -0.2) is 0 Å². The summed E-state index contributed by atoms with van der Waals surface area (Å²) in [5.41, 5.74) is 1.62. The first-order valence-electron chi connectivity index (χ1n) is 11.7. The lowest BCUT2D eigenvalue weighted by atomic mass is 9.70. The van der Waals surface area contributed by atoms with Crippen LogP contribution in [0.1, 0.15) is 27.7 Å². The normalized spacial score (nSPS) is 19.4. The number of benzene rings is 2. The van der Waals surface area contributed by atoms with Gasteiger partial charge in [0.15, 0.2) is 0 Å². The fraction of sp³-hybridized carbons (Fsp3) is 0.481. The Kier molecular flexibility index (Phi) is 8.07. The van der Waals surface area contributed by atoms with E-state index in [2.05, 4.69) is 5.32 Å². The highest BCUT2D eigenvalue weighted by Gasteiger charge is 2.56. The van der Waals surface area contributed by atoms with Gasteiger partial charge >= 0.3 is 5.97 Å². The molecule has 1 fully saturated rings. The molecule has 34 heavy (non-hydrogen) atoms. The summed E-state index contributed by atoms with van der Waals surface area (Å²) in [5, 5.41) is 3.58. The van der Waals surface area contributed by atoms with E-state index in [0.717, 1.165) is 22.9 Å². The number of hydrogen-bond donors (Lipinski definition) is 1. The number of β-lactam (4-membered cyclic amide) rings is 1. The van der Waals surface area contributed by atoms with E-state index >= 15 is 0 Å². The van der Waals surface area contributed by atoms with Crippen LogP contribution in [0, 0.1) is 23.7 Å². The van der Waals surface area contributed by atoms with E-state index in [1.807, 2.05) is 81.1 Å². The Morgan fingerprint density at radius 2 is 1.41 bits per heavy atom. The molecule has 0 unspecified atom stereocenters. The molecule has 0 radical (unpaired) electrons. The fourth-order valence-corrected chi connectivity index (χ4v) is 4.87. The molecule has 0 bridgehead atoms. The Balaban J connectivity index is 2.07. The number of nitrogens with one attached hydrogen (secondary N) is 1. The summed E-state index contributed by atoms with van der Waals surface area (Å²) in [7, 11) is 4.65. The van der Waals surface area contributed by atoms with Gasteiger partial charge in [-0.05, 0) is 60.4 Å². The second kappa shape index (κ2) is 10.8. The molecule has 4 atom stereocenters. The van der Waals surface area contributed by atoms with Crippen molar-refractivity contribution in [1.29, 1.82) is 0 Å². The summed E-state index contributed by atoms with van der Waals surface area (Å²) in [4.78, 5) is 28.2. The third-order valence-electron chi connectivity index (χ3n) is 6.63. The van der Waals surface area contributed by atoms with Gasteiger partial charge in [0.25, 0.3) is 0 Å². The molecule has 1 saturated heterocycles. The van der Waals surface area contributed by atoms with Crippen molar-refractivity contribution in [3.63, 3.8) is 0 Å². The molecule has 7 heteroatoms. The summed E-state index contributed by atoms with van der Waals surface area (Å²) in [5.74, 6) is 0.625. The Hall–Kier alpha value is -3.22. The van der Waals surface area contributed by atoms with E-state index in [9.17, 15) is 9.59 Å². The maximum atomic E-state index is 13.4. The third kappa shape index (κ3) is 4.98. The zero-order valence-electron chi connectivity index (χ0n) is 21.1. The largest absolute Gasteiger partial charge is 0.497 e. The van der Waals surface area contributed by atoms with Crippen molar-refractivity contribution in [2.75, 3.05) is 31.5 Å². The summed E-state index contributed by atoms with van der Waals surface area (Å²) < 4.78 is 15.8. The number of anilines is 2. The van der Waals surface area contributed by atoms with Gasteiger partial charge in [0.2, 0.25) is 5.91 Å². The zero-order valence-corrected chi connectivity index (χ0v) is 21.1. The number of esters is 1. The number of methoxy groups -OCH3 is 3. The SMILES string of the molecule is COC(=O)[C@@H](C(C)C)[C@H](Nc1ccc(OC)cc1)[C@@H]1[C@H](C(C)C)C(=O)N1c1ccc(OC)cc1. The van der Waals surface area contributed by atoms with Crippen molar-refractivity contribution in [3.05, 3.63) is 48.5 Å². The molecular formula is C27H36N2O5. The highest BCUT2D eigenvalue weighted by molar-refractivity contribution is 6.03. The van der Waals surface area contributed by atoms with Gasteiger partial charge in [-0.15, -0.1) is 0 Å². The van der Waals surface area contributed by atoms with Gasteiger partial charge in [-0.2, -0.15) is 0 Å². The van der Waals surface area contributed by atoms with Crippen LogP contribution in [0.4, 0.5) is 11.4 Å². The van der Waals surface area contributed by atoms with Crippen LogP contribution in [0.5, 0.6) is 11.5 Å². The standard InChI is InChI=1S/C27H36N2O5/c1-16(2)22(27(31)34-7)24(28-18-8-12-20(32-5)13-9-18)25-23(17(3)4)26(30)29(25)19-10-14-21(33-6)15-11-19/h8-17,22-25,28H,1-7H3/t22-,23-,24-,25-/m0/s1. The summed E-state index contributed by atoms with van der Waals surface area (Å²) in [6.07, 6.45) is 0. The minimum atomic E-state index is -0.466. The second-order valence-electron chi connectivity index (χ2n) is 9.36. The van der Waals surface area contributed by atoms with E-state index in [0.29, 0.717) is 0 Å². The van der Waals surface area contributed by atoms with Crippen LogP contribution in [-0.4, -0.2) is 45.3 Å². The van der Waals surface area contributed by atoms with Gasteiger partial charge in [-0.1, -0.05) is 27.7 Å². The van der Waals surface area contributed by atoms with E-state index < -0.39 is 5.92 Å². The molecule has 1 heterocycles. The van der Waals surface area contributed by atoms with Crippen LogP contribution in [0.25, 0.3) is 0 Å². The predicted octanol–water partition coefficient (Wildman–Crippen LogP) is 4.62. The Labute approximate surface area is 202 Å². The van der Waals surface area contributed by atoms with Crippen molar-refractivity contribution in [2.24, 2.45) is 23.7 Å². The van der Waals surface area contributed by atoms with E-state index in [4.69, 9.17) is 14.2 Å². The van der Waals surface area contributed by atoms with E-state index in [1.54, 1.807) is 14.2 Å². The number of carbonyl (C=O) groups excluding carboxylic acids is 2. The van der Waals surface area contributed by atoms with Crippen LogP contribution in [0.2, 0.25) is 0 Å². The first kappa shape index (κ1) is 25.4. The Morgan fingerprint density at radius 1 is 0.882 bits per heavy atom. The van der Waals surface area contributed by atoms with Gasteiger partial charge in [0.1, 0.15) is 11.5 Å². The molecule has 3 rings (SSSR count). The molecule has 2 aromatic rings. The molecule has 0 spiro atoms. The lowest BCUT2D eigenvalue weighted by molar-refractivity contribution is -0.149. The molecule has 1 aliphatic heterocycles. The van der Waals surface area contributed by atoms with Crippen LogP contribution >= 0.6 is 0 Å². The predicted molar refractivity (Wildman–Crippen MR) is 133 cm³/mol. The summed E-state index contributed by atoms with van der Waals surface area (Å²) >= 11 is 0. The Morgan fingerprint density at radius 3 is 1.85 bits per heavy atom. The molecule has 1 N–H and O–H groups in total. The molecule has 184 valence electrons.